The fraction of sp³-hybridized carbons (Fsp3) is 0.579. The SMILES string of the molecule is CC(C)(CN)C(=O)N1CC(CC(=O)Cc2cc(C(F)(F)F)cc(C(F)(F)F)c2)C1. The average molecular weight is 424 g/mol. The minimum Gasteiger partial charge on any atom is -0.341 e. The van der Waals surface area contributed by atoms with E-state index >= 15 is 0 Å². The summed E-state index contributed by atoms with van der Waals surface area (Å²) in [5.74, 6) is -0.808. The first-order chi connectivity index (χ1) is 13.1. The van der Waals surface area contributed by atoms with Gasteiger partial charge in [0, 0.05) is 38.4 Å². The monoisotopic (exact) mass is 424 g/mol. The molecule has 1 amide bonds. The maximum Gasteiger partial charge on any atom is 0.416 e. The van der Waals surface area contributed by atoms with Crippen LogP contribution in [0.15, 0.2) is 18.2 Å². The van der Waals surface area contributed by atoms with Gasteiger partial charge in [0.2, 0.25) is 5.91 Å². The average Bonchev–Trinajstić information content (AvgIpc) is 2.55. The normalized spacial score (nSPS) is 16.0. The minimum atomic E-state index is -4.95. The third kappa shape index (κ3) is 5.71. The van der Waals surface area contributed by atoms with Crippen LogP contribution in [0.3, 0.4) is 0 Å². The zero-order chi connectivity index (χ0) is 22.2. The van der Waals surface area contributed by atoms with Crippen LogP contribution in [0.5, 0.6) is 0 Å². The van der Waals surface area contributed by atoms with E-state index < -0.39 is 41.1 Å². The lowest BCUT2D eigenvalue weighted by Crippen LogP contribution is -2.55. The number of benzene rings is 1. The topological polar surface area (TPSA) is 63.4 Å². The van der Waals surface area contributed by atoms with Gasteiger partial charge in [-0.3, -0.25) is 9.59 Å². The van der Waals surface area contributed by atoms with Crippen molar-refractivity contribution in [2.75, 3.05) is 19.6 Å². The molecule has 1 aromatic rings. The van der Waals surface area contributed by atoms with Crippen LogP contribution in [0, 0.1) is 11.3 Å². The molecule has 0 radical (unpaired) electrons. The van der Waals surface area contributed by atoms with Crippen molar-refractivity contribution in [3.05, 3.63) is 34.9 Å². The van der Waals surface area contributed by atoms with Crippen molar-refractivity contribution in [1.82, 2.24) is 4.90 Å². The van der Waals surface area contributed by atoms with E-state index in [4.69, 9.17) is 5.73 Å². The number of rotatable bonds is 6. The van der Waals surface area contributed by atoms with Gasteiger partial charge >= 0.3 is 12.4 Å². The second-order valence-electron chi connectivity index (χ2n) is 8.00. The first kappa shape index (κ1) is 23.2. The highest BCUT2D eigenvalue weighted by atomic mass is 19.4. The Labute approximate surface area is 164 Å². The Morgan fingerprint density at radius 1 is 1.00 bits per heavy atom. The lowest BCUT2D eigenvalue weighted by molar-refractivity contribution is -0.147. The smallest absolute Gasteiger partial charge is 0.341 e. The van der Waals surface area contributed by atoms with Crippen molar-refractivity contribution in [3.8, 4) is 0 Å². The van der Waals surface area contributed by atoms with Crippen LogP contribution in [0.25, 0.3) is 0 Å². The number of nitrogens with two attached hydrogens (primary N) is 1. The van der Waals surface area contributed by atoms with E-state index in [0.717, 1.165) is 0 Å². The molecule has 0 unspecified atom stereocenters. The van der Waals surface area contributed by atoms with Crippen LogP contribution in [-0.4, -0.2) is 36.2 Å². The number of hydrogen-bond acceptors (Lipinski definition) is 3. The number of carbonyl (C=O) groups is 2. The summed E-state index contributed by atoms with van der Waals surface area (Å²) in [5.41, 5.74) is 1.58. The van der Waals surface area contributed by atoms with E-state index in [-0.39, 0.29) is 36.4 Å². The molecule has 0 atom stereocenters. The molecule has 2 N–H and O–H groups in total. The van der Waals surface area contributed by atoms with Gasteiger partial charge in [0.25, 0.3) is 0 Å². The van der Waals surface area contributed by atoms with Gasteiger partial charge in [-0.1, -0.05) is 0 Å². The summed E-state index contributed by atoms with van der Waals surface area (Å²) in [4.78, 5) is 25.9. The maximum absolute atomic E-state index is 12.9. The summed E-state index contributed by atoms with van der Waals surface area (Å²) in [6.45, 7) is 4.16. The van der Waals surface area contributed by atoms with Crippen molar-refractivity contribution < 1.29 is 35.9 Å². The predicted octanol–water partition coefficient (Wildman–Crippen LogP) is 3.67. The van der Waals surface area contributed by atoms with Gasteiger partial charge < -0.3 is 10.6 Å². The molecule has 29 heavy (non-hydrogen) atoms. The van der Waals surface area contributed by atoms with Crippen LogP contribution in [0.4, 0.5) is 26.3 Å². The lowest BCUT2D eigenvalue weighted by atomic mass is 9.86. The summed E-state index contributed by atoms with van der Waals surface area (Å²) in [6.07, 6.45) is -10.5. The van der Waals surface area contributed by atoms with Gasteiger partial charge in [-0.2, -0.15) is 26.3 Å². The molecule has 4 nitrogen and oxygen atoms in total. The quantitative estimate of drug-likeness (QED) is 0.709. The molecule has 2 rings (SSSR count). The van der Waals surface area contributed by atoms with E-state index in [9.17, 15) is 35.9 Å². The zero-order valence-electron chi connectivity index (χ0n) is 16.0. The second-order valence-corrected chi connectivity index (χ2v) is 8.00. The highest BCUT2D eigenvalue weighted by Gasteiger charge is 2.39. The molecule has 1 aromatic carbocycles. The van der Waals surface area contributed by atoms with E-state index in [1.807, 2.05) is 0 Å². The number of hydrogen-bond donors (Lipinski definition) is 1. The fourth-order valence-corrected chi connectivity index (χ4v) is 3.12. The summed E-state index contributed by atoms with van der Waals surface area (Å²) in [7, 11) is 0. The Bertz CT molecular complexity index is 748. The first-order valence-corrected chi connectivity index (χ1v) is 8.93. The third-order valence-electron chi connectivity index (χ3n) is 4.90. The van der Waals surface area contributed by atoms with Gasteiger partial charge in [0.05, 0.1) is 16.5 Å². The maximum atomic E-state index is 12.9. The number of Topliss-reactive ketones (excluding diaryl/α,β-unsaturated/α-hetero) is 1. The molecule has 162 valence electrons. The molecule has 0 aromatic heterocycles. The van der Waals surface area contributed by atoms with E-state index in [2.05, 4.69) is 0 Å². The predicted molar refractivity (Wildman–Crippen MR) is 92.7 cm³/mol. The molecule has 0 spiro atoms. The van der Waals surface area contributed by atoms with Crippen LogP contribution in [0.2, 0.25) is 0 Å². The highest BCUT2D eigenvalue weighted by Crippen LogP contribution is 2.36. The number of amides is 1. The van der Waals surface area contributed by atoms with E-state index in [0.29, 0.717) is 25.2 Å². The molecule has 0 bridgehead atoms. The van der Waals surface area contributed by atoms with E-state index in [1.54, 1.807) is 13.8 Å². The minimum absolute atomic E-state index is 0.0234. The molecular formula is C19H22F6N2O2. The highest BCUT2D eigenvalue weighted by molar-refractivity contribution is 5.84. The number of ketones is 1. The number of likely N-dealkylation sites (tertiary alicyclic amines) is 1. The van der Waals surface area contributed by atoms with Crippen molar-refractivity contribution in [2.24, 2.45) is 17.1 Å². The Kier molecular flexibility index (Phi) is 6.37. The van der Waals surface area contributed by atoms with Gasteiger partial charge in [-0.25, -0.2) is 0 Å². The largest absolute Gasteiger partial charge is 0.416 e. The number of carbonyl (C=O) groups excluding carboxylic acids is 2. The number of halogens is 6. The van der Waals surface area contributed by atoms with Crippen molar-refractivity contribution in [1.29, 1.82) is 0 Å². The van der Waals surface area contributed by atoms with Crippen LogP contribution < -0.4 is 5.73 Å². The molecule has 0 aliphatic carbocycles. The van der Waals surface area contributed by atoms with Crippen LogP contribution in [-0.2, 0) is 28.4 Å². The second kappa shape index (κ2) is 7.97. The molecule has 10 heteroatoms. The summed E-state index contributed by atoms with van der Waals surface area (Å²) in [6, 6.07) is 1.16. The Morgan fingerprint density at radius 2 is 1.48 bits per heavy atom. The molecule has 0 saturated carbocycles. The molecule has 1 fully saturated rings. The van der Waals surface area contributed by atoms with Crippen molar-refractivity contribution >= 4 is 11.7 Å². The summed E-state index contributed by atoms with van der Waals surface area (Å²) < 4.78 is 77.4. The molecule has 1 aliphatic heterocycles. The summed E-state index contributed by atoms with van der Waals surface area (Å²) in [5, 5.41) is 0. The third-order valence-corrected chi connectivity index (χ3v) is 4.90. The van der Waals surface area contributed by atoms with Gasteiger partial charge in [0.1, 0.15) is 5.78 Å². The van der Waals surface area contributed by atoms with Crippen molar-refractivity contribution in [2.45, 2.75) is 39.0 Å². The number of nitrogens with zero attached hydrogens (tertiary/aromatic N) is 1. The molecule has 1 saturated heterocycles. The van der Waals surface area contributed by atoms with Gasteiger partial charge in [-0.15, -0.1) is 0 Å². The summed E-state index contributed by atoms with van der Waals surface area (Å²) >= 11 is 0. The Balaban J connectivity index is 2.02. The van der Waals surface area contributed by atoms with E-state index in [1.165, 1.54) is 4.90 Å². The lowest BCUT2D eigenvalue weighted by Gasteiger charge is -2.42. The Morgan fingerprint density at radius 3 is 1.90 bits per heavy atom. The van der Waals surface area contributed by atoms with Crippen molar-refractivity contribution in [3.63, 3.8) is 0 Å². The standard InChI is InChI=1S/C19H22F6N2O2/c1-17(2,10-26)16(29)27-8-12(9-27)6-15(28)5-11-3-13(18(20,21)22)7-14(4-11)19(23,24)25/h3-4,7,12H,5-6,8-10,26H2,1-2H3. The molecule has 1 aliphatic rings. The zero-order valence-corrected chi connectivity index (χ0v) is 16.0. The fourth-order valence-electron chi connectivity index (χ4n) is 3.12. The van der Waals surface area contributed by atoms with Gasteiger partial charge in [-0.05, 0) is 37.6 Å². The van der Waals surface area contributed by atoms with Gasteiger partial charge in [0.15, 0.2) is 0 Å². The molecular weight excluding hydrogens is 402 g/mol. The van der Waals surface area contributed by atoms with Crippen LogP contribution >= 0.6 is 0 Å². The first-order valence-electron chi connectivity index (χ1n) is 8.93. The Hall–Kier alpha value is -2.10. The van der Waals surface area contributed by atoms with Crippen LogP contribution in [0.1, 0.15) is 37.0 Å². The molecule has 1 heterocycles. The number of alkyl halides is 6.